The number of carbonyl (C=O) groups excluding carboxylic acids is 2. The van der Waals surface area contributed by atoms with Gasteiger partial charge in [0.05, 0.1) is 5.69 Å². The molecule has 0 fully saturated rings. The van der Waals surface area contributed by atoms with E-state index in [1.165, 1.54) is 6.20 Å². The second-order valence-electron chi connectivity index (χ2n) is 4.57. The Morgan fingerprint density at radius 3 is 2.83 bits per heavy atom. The summed E-state index contributed by atoms with van der Waals surface area (Å²) >= 11 is 0. The molecule has 0 saturated heterocycles. The van der Waals surface area contributed by atoms with Crippen LogP contribution >= 0.6 is 0 Å². The maximum Gasteiger partial charge on any atom is 0.412 e. The van der Waals surface area contributed by atoms with Crippen molar-refractivity contribution in [3.63, 3.8) is 0 Å². The molecule has 0 aromatic carbocycles. The summed E-state index contributed by atoms with van der Waals surface area (Å²) in [5.74, 6) is 0. The molecular weight excluding hydrogens is 236 g/mol. The lowest BCUT2D eigenvalue weighted by molar-refractivity contribution is -0.129. The normalized spacial score (nSPS) is 10.6. The Balaban J connectivity index is 2.61. The molecule has 6 heteroatoms. The first-order valence-corrected chi connectivity index (χ1v) is 5.41. The van der Waals surface area contributed by atoms with Crippen molar-refractivity contribution in [1.29, 1.82) is 0 Å². The van der Waals surface area contributed by atoms with Gasteiger partial charge in [0, 0.05) is 11.9 Å². The first-order chi connectivity index (χ1) is 8.40. The highest BCUT2D eigenvalue weighted by atomic mass is 16.6. The average Bonchev–Trinajstić information content (AvgIpc) is 2.24. The van der Waals surface area contributed by atoms with Crippen LogP contribution in [0.15, 0.2) is 18.3 Å². The van der Waals surface area contributed by atoms with Gasteiger partial charge in [-0.15, -0.1) is 0 Å². The molecule has 0 aliphatic rings. The molecule has 0 unspecified atom stereocenters. The number of hydrogen-bond donors (Lipinski definition) is 1. The van der Waals surface area contributed by atoms with Crippen LogP contribution in [0.5, 0.6) is 0 Å². The molecule has 1 aromatic rings. The summed E-state index contributed by atoms with van der Waals surface area (Å²) in [6.45, 7) is 5.75. The van der Waals surface area contributed by atoms with E-state index < -0.39 is 11.7 Å². The third-order valence-corrected chi connectivity index (χ3v) is 1.76. The first-order valence-electron chi connectivity index (χ1n) is 5.41. The summed E-state index contributed by atoms with van der Waals surface area (Å²) in [6.07, 6.45) is 0.965. The van der Waals surface area contributed by atoms with Crippen molar-refractivity contribution in [3.8, 4) is 0 Å². The predicted octanol–water partition coefficient (Wildman–Crippen LogP) is 2.10. The summed E-state index contributed by atoms with van der Waals surface area (Å²) in [5.41, 5.74) is 0.514. The zero-order valence-electron chi connectivity index (χ0n) is 10.6. The molecule has 0 spiro atoms. The van der Waals surface area contributed by atoms with Gasteiger partial charge in [-0.2, -0.15) is 0 Å². The Morgan fingerprint density at radius 1 is 1.50 bits per heavy atom. The minimum atomic E-state index is -0.555. The van der Waals surface area contributed by atoms with E-state index in [9.17, 15) is 9.59 Å². The molecule has 1 heterocycles. The van der Waals surface area contributed by atoms with Crippen LogP contribution in [0.2, 0.25) is 0 Å². The lowest BCUT2D eigenvalue weighted by Crippen LogP contribution is -2.27. The van der Waals surface area contributed by atoms with Crippen LogP contribution < -0.4 is 5.32 Å². The fraction of sp³-hybridized carbons (Fsp3) is 0.417. The van der Waals surface area contributed by atoms with Gasteiger partial charge in [-0.25, -0.2) is 4.79 Å². The topological polar surface area (TPSA) is 77.5 Å². The zero-order valence-corrected chi connectivity index (χ0v) is 10.6. The second-order valence-corrected chi connectivity index (χ2v) is 4.57. The largest absolute Gasteiger partial charge is 0.461 e. The van der Waals surface area contributed by atoms with Crippen molar-refractivity contribution < 1.29 is 19.1 Å². The molecular formula is C12H16N2O4. The van der Waals surface area contributed by atoms with Crippen molar-refractivity contribution in [1.82, 2.24) is 4.98 Å². The molecule has 0 radical (unpaired) electrons. The van der Waals surface area contributed by atoms with E-state index in [0.717, 1.165) is 0 Å². The number of ether oxygens (including phenoxy) is 2. The fourth-order valence-electron chi connectivity index (χ4n) is 1.18. The molecule has 0 aliphatic carbocycles. The van der Waals surface area contributed by atoms with Crippen LogP contribution in [0.4, 0.5) is 10.5 Å². The number of anilines is 1. The molecule has 6 nitrogen and oxygen atoms in total. The predicted molar refractivity (Wildman–Crippen MR) is 64.9 cm³/mol. The molecule has 0 saturated carbocycles. The zero-order chi connectivity index (χ0) is 13.6. The van der Waals surface area contributed by atoms with Crippen molar-refractivity contribution >= 4 is 18.3 Å². The monoisotopic (exact) mass is 252 g/mol. The molecule has 18 heavy (non-hydrogen) atoms. The van der Waals surface area contributed by atoms with Crippen LogP contribution in [-0.2, 0) is 20.9 Å². The Bertz CT molecular complexity index is 426. The Kier molecular flexibility index (Phi) is 4.65. The molecule has 98 valence electrons. The number of nitrogens with zero attached hydrogens (tertiary/aromatic N) is 1. The van der Waals surface area contributed by atoms with Crippen molar-refractivity contribution in [2.45, 2.75) is 33.0 Å². The number of pyridine rings is 1. The average molecular weight is 252 g/mol. The third kappa shape index (κ3) is 5.29. The van der Waals surface area contributed by atoms with E-state index in [2.05, 4.69) is 15.0 Å². The SMILES string of the molecule is CC(C)(C)OC(=O)Nc1ccnc(COC=O)c1. The third-order valence-electron chi connectivity index (χ3n) is 1.76. The quantitative estimate of drug-likeness (QED) is 0.830. The van der Waals surface area contributed by atoms with E-state index in [0.29, 0.717) is 17.9 Å². The Morgan fingerprint density at radius 2 is 2.22 bits per heavy atom. The smallest absolute Gasteiger partial charge is 0.412 e. The molecule has 1 rings (SSSR count). The summed E-state index contributed by atoms with van der Waals surface area (Å²) < 4.78 is 9.68. The minimum Gasteiger partial charge on any atom is -0.461 e. The Hall–Kier alpha value is -2.11. The summed E-state index contributed by atoms with van der Waals surface area (Å²) in [7, 11) is 0. The number of hydrogen-bond acceptors (Lipinski definition) is 5. The maximum atomic E-state index is 11.5. The van der Waals surface area contributed by atoms with Crippen LogP contribution in [0.25, 0.3) is 0 Å². The van der Waals surface area contributed by atoms with E-state index in [-0.39, 0.29) is 6.61 Å². The first kappa shape index (κ1) is 14.0. The highest BCUT2D eigenvalue weighted by molar-refractivity contribution is 5.84. The number of nitrogens with one attached hydrogen (secondary N) is 1. The van der Waals surface area contributed by atoms with E-state index in [4.69, 9.17) is 4.74 Å². The van der Waals surface area contributed by atoms with Crippen LogP contribution in [0, 0.1) is 0 Å². The molecule has 1 N–H and O–H groups in total. The van der Waals surface area contributed by atoms with Gasteiger partial charge < -0.3 is 9.47 Å². The van der Waals surface area contributed by atoms with Crippen molar-refractivity contribution in [2.75, 3.05) is 5.32 Å². The number of amides is 1. The fourth-order valence-corrected chi connectivity index (χ4v) is 1.18. The van der Waals surface area contributed by atoms with Gasteiger partial charge in [0.1, 0.15) is 12.2 Å². The number of rotatable bonds is 4. The van der Waals surface area contributed by atoms with E-state index in [1.807, 2.05) is 0 Å². The van der Waals surface area contributed by atoms with Gasteiger partial charge in [-0.1, -0.05) is 0 Å². The lowest BCUT2D eigenvalue weighted by Gasteiger charge is -2.19. The molecule has 0 bridgehead atoms. The number of carbonyl (C=O) groups is 2. The standard InChI is InChI=1S/C12H16N2O4/c1-12(2,3)18-11(16)14-9-4-5-13-10(6-9)7-17-8-15/h4-6,8H,7H2,1-3H3,(H,13,14,16). The highest BCUT2D eigenvalue weighted by Crippen LogP contribution is 2.12. The van der Waals surface area contributed by atoms with Crippen LogP contribution in [0.1, 0.15) is 26.5 Å². The Labute approximate surface area is 105 Å². The molecule has 1 aromatic heterocycles. The maximum absolute atomic E-state index is 11.5. The van der Waals surface area contributed by atoms with Crippen molar-refractivity contribution in [2.24, 2.45) is 0 Å². The minimum absolute atomic E-state index is 0.0628. The van der Waals surface area contributed by atoms with Gasteiger partial charge in [0.15, 0.2) is 0 Å². The van der Waals surface area contributed by atoms with Gasteiger partial charge in [0.2, 0.25) is 0 Å². The van der Waals surface area contributed by atoms with E-state index >= 15 is 0 Å². The van der Waals surface area contributed by atoms with Gasteiger partial charge >= 0.3 is 6.09 Å². The van der Waals surface area contributed by atoms with Gasteiger partial charge in [0.25, 0.3) is 6.47 Å². The van der Waals surface area contributed by atoms with Crippen LogP contribution in [0.3, 0.4) is 0 Å². The summed E-state index contributed by atoms with van der Waals surface area (Å²) in [5, 5.41) is 2.57. The van der Waals surface area contributed by atoms with Crippen molar-refractivity contribution in [3.05, 3.63) is 24.0 Å². The van der Waals surface area contributed by atoms with Crippen LogP contribution in [-0.4, -0.2) is 23.2 Å². The molecule has 1 amide bonds. The van der Waals surface area contributed by atoms with Gasteiger partial charge in [-0.3, -0.25) is 15.1 Å². The second kappa shape index (κ2) is 6.00. The summed E-state index contributed by atoms with van der Waals surface area (Å²) in [6, 6.07) is 3.22. The summed E-state index contributed by atoms with van der Waals surface area (Å²) in [4.78, 5) is 25.6. The number of aromatic nitrogens is 1. The molecule has 0 aliphatic heterocycles. The molecule has 0 atom stereocenters. The van der Waals surface area contributed by atoms with Gasteiger partial charge in [-0.05, 0) is 32.9 Å². The highest BCUT2D eigenvalue weighted by Gasteiger charge is 2.16. The lowest BCUT2D eigenvalue weighted by atomic mass is 10.2. The van der Waals surface area contributed by atoms with E-state index in [1.54, 1.807) is 32.9 Å².